The number of nitrogens with zero attached hydrogens (tertiary/aromatic N) is 1. The van der Waals surface area contributed by atoms with Gasteiger partial charge >= 0.3 is 0 Å². The number of nitrogens with one attached hydrogen (secondary N) is 1. The van der Waals surface area contributed by atoms with E-state index in [9.17, 15) is 13.5 Å². The minimum Gasteiger partial charge on any atom is -0.388 e. The van der Waals surface area contributed by atoms with Crippen LogP contribution in [0.15, 0.2) is 29.2 Å². The van der Waals surface area contributed by atoms with E-state index >= 15 is 0 Å². The maximum absolute atomic E-state index is 12.3. The van der Waals surface area contributed by atoms with Crippen LogP contribution >= 0.6 is 0 Å². The number of rotatable bonds is 5. The van der Waals surface area contributed by atoms with E-state index < -0.39 is 21.2 Å². The fraction of sp³-hybridized carbons (Fsp3) is 0.571. The molecule has 20 heavy (non-hydrogen) atoms. The zero-order valence-electron chi connectivity index (χ0n) is 12.9. The molecule has 1 rings (SSSR count). The van der Waals surface area contributed by atoms with Crippen molar-refractivity contribution in [3.8, 4) is 0 Å². The third-order valence-electron chi connectivity index (χ3n) is 3.62. The zero-order valence-corrected chi connectivity index (χ0v) is 13.7. The summed E-state index contributed by atoms with van der Waals surface area (Å²) >= 11 is 0. The van der Waals surface area contributed by atoms with Crippen LogP contribution in [0.3, 0.4) is 0 Å². The molecular weight excluding hydrogens is 276 g/mol. The van der Waals surface area contributed by atoms with Gasteiger partial charge < -0.3 is 10.4 Å². The summed E-state index contributed by atoms with van der Waals surface area (Å²) in [5.74, 6) is 0. The fourth-order valence-electron chi connectivity index (χ4n) is 1.48. The molecule has 0 fully saturated rings. The number of hydrogen-bond acceptors (Lipinski definition) is 4. The van der Waals surface area contributed by atoms with Crippen molar-refractivity contribution in [2.24, 2.45) is 0 Å². The predicted molar refractivity (Wildman–Crippen MR) is 81.3 cm³/mol. The van der Waals surface area contributed by atoms with Crippen LogP contribution in [0.2, 0.25) is 0 Å². The number of benzene rings is 1. The molecular formula is C14H24N2O3S. The lowest BCUT2D eigenvalue weighted by molar-refractivity contribution is 0.0239. The van der Waals surface area contributed by atoms with Gasteiger partial charge in [-0.05, 0) is 39.8 Å². The topological polar surface area (TPSA) is 69.6 Å². The molecule has 0 saturated heterocycles. The number of para-hydroxylation sites is 1. The Bertz CT molecular complexity index is 572. The highest BCUT2D eigenvalue weighted by atomic mass is 32.2. The zero-order chi connectivity index (χ0) is 15.8. The second kappa shape index (κ2) is 5.35. The first-order chi connectivity index (χ1) is 8.89. The smallest absolute Gasteiger partial charge is 0.244 e. The number of anilines is 1. The Kier molecular flexibility index (Phi) is 4.53. The molecule has 0 radical (unpaired) electrons. The number of aliphatic hydroxyl groups is 1. The third-order valence-corrected chi connectivity index (χ3v) is 5.50. The van der Waals surface area contributed by atoms with Gasteiger partial charge in [-0.15, -0.1) is 0 Å². The SMILES string of the molecule is CN(C)S(=O)(=O)c1ccccc1NC(C)(C)C(C)(C)O. The second-order valence-corrected chi connectivity index (χ2v) is 8.21. The van der Waals surface area contributed by atoms with Gasteiger partial charge in [0.1, 0.15) is 4.90 Å². The van der Waals surface area contributed by atoms with Gasteiger partial charge in [-0.3, -0.25) is 0 Å². The Balaban J connectivity index is 3.30. The Morgan fingerprint density at radius 1 is 1.10 bits per heavy atom. The molecule has 0 saturated carbocycles. The minimum absolute atomic E-state index is 0.197. The maximum Gasteiger partial charge on any atom is 0.244 e. The van der Waals surface area contributed by atoms with Crippen LogP contribution in [0.4, 0.5) is 5.69 Å². The monoisotopic (exact) mass is 300 g/mol. The van der Waals surface area contributed by atoms with Crippen molar-refractivity contribution in [1.82, 2.24) is 4.31 Å². The summed E-state index contributed by atoms with van der Waals surface area (Å²) in [6, 6.07) is 6.69. The van der Waals surface area contributed by atoms with E-state index in [0.717, 1.165) is 0 Å². The van der Waals surface area contributed by atoms with Gasteiger partial charge in [0.2, 0.25) is 10.0 Å². The summed E-state index contributed by atoms with van der Waals surface area (Å²) < 4.78 is 25.8. The average Bonchev–Trinajstić information content (AvgIpc) is 2.27. The normalized spacial score (nSPS) is 13.6. The standard InChI is InChI=1S/C14H24N2O3S/c1-13(2,14(3,4)17)15-11-9-7-8-10-12(11)20(18,19)16(5)6/h7-10,15,17H,1-6H3. The Morgan fingerprint density at radius 3 is 2.05 bits per heavy atom. The highest BCUT2D eigenvalue weighted by molar-refractivity contribution is 7.89. The third kappa shape index (κ3) is 3.31. The molecule has 0 heterocycles. The van der Waals surface area contributed by atoms with Gasteiger partial charge in [0.25, 0.3) is 0 Å². The summed E-state index contributed by atoms with van der Waals surface area (Å²) in [5.41, 5.74) is -1.22. The minimum atomic E-state index is -3.54. The molecule has 2 N–H and O–H groups in total. The average molecular weight is 300 g/mol. The molecule has 1 aromatic carbocycles. The van der Waals surface area contributed by atoms with Crippen LogP contribution in [0.1, 0.15) is 27.7 Å². The predicted octanol–water partition coefficient (Wildman–Crippen LogP) is 1.90. The molecule has 0 aromatic heterocycles. The second-order valence-electron chi connectivity index (χ2n) is 6.09. The molecule has 0 spiro atoms. The van der Waals surface area contributed by atoms with E-state index in [-0.39, 0.29) is 4.90 Å². The van der Waals surface area contributed by atoms with Gasteiger partial charge in [-0.2, -0.15) is 0 Å². The largest absolute Gasteiger partial charge is 0.388 e. The quantitative estimate of drug-likeness (QED) is 0.871. The molecule has 0 amide bonds. The molecule has 0 aliphatic heterocycles. The van der Waals surface area contributed by atoms with Gasteiger partial charge in [-0.1, -0.05) is 12.1 Å². The van der Waals surface area contributed by atoms with Crippen LogP contribution < -0.4 is 5.32 Å². The van der Waals surface area contributed by atoms with Crippen LogP contribution in [-0.4, -0.2) is 43.1 Å². The Morgan fingerprint density at radius 2 is 1.60 bits per heavy atom. The number of hydrogen-bond donors (Lipinski definition) is 2. The summed E-state index contributed by atoms with van der Waals surface area (Å²) in [6.45, 7) is 7.02. The molecule has 1 aromatic rings. The first-order valence-corrected chi connectivity index (χ1v) is 7.86. The van der Waals surface area contributed by atoms with Gasteiger partial charge in [0.05, 0.1) is 16.8 Å². The molecule has 114 valence electrons. The van der Waals surface area contributed by atoms with Crippen LogP contribution in [0, 0.1) is 0 Å². The van der Waals surface area contributed by atoms with Gasteiger partial charge in [-0.25, -0.2) is 12.7 Å². The fourth-order valence-corrected chi connectivity index (χ4v) is 2.52. The van der Waals surface area contributed by atoms with Crippen molar-refractivity contribution < 1.29 is 13.5 Å². The maximum atomic E-state index is 12.3. The Labute approximate surface area is 121 Å². The first kappa shape index (κ1) is 16.9. The lowest BCUT2D eigenvalue weighted by Gasteiger charge is -2.39. The lowest BCUT2D eigenvalue weighted by Crippen LogP contribution is -2.51. The summed E-state index contributed by atoms with van der Waals surface area (Å²) in [7, 11) is -0.550. The highest BCUT2D eigenvalue weighted by Gasteiger charge is 2.36. The molecule has 0 aliphatic carbocycles. The van der Waals surface area contributed by atoms with E-state index in [1.54, 1.807) is 38.1 Å². The van der Waals surface area contributed by atoms with Crippen LogP contribution in [0.5, 0.6) is 0 Å². The molecule has 5 nitrogen and oxygen atoms in total. The summed E-state index contributed by atoms with van der Waals surface area (Å²) in [4.78, 5) is 0.197. The molecule has 0 bridgehead atoms. The van der Waals surface area contributed by atoms with E-state index in [1.165, 1.54) is 18.4 Å². The lowest BCUT2D eigenvalue weighted by atomic mass is 9.86. The molecule has 0 atom stereocenters. The molecule has 0 aliphatic rings. The van der Waals surface area contributed by atoms with Crippen molar-refractivity contribution in [1.29, 1.82) is 0 Å². The van der Waals surface area contributed by atoms with E-state index in [1.807, 2.05) is 13.8 Å². The first-order valence-electron chi connectivity index (χ1n) is 6.42. The van der Waals surface area contributed by atoms with Crippen molar-refractivity contribution in [2.75, 3.05) is 19.4 Å². The summed E-state index contributed by atoms with van der Waals surface area (Å²) in [5, 5.41) is 13.3. The Hall–Kier alpha value is -1.11. The van der Waals surface area contributed by atoms with Gasteiger partial charge in [0, 0.05) is 14.1 Å². The van der Waals surface area contributed by atoms with Crippen molar-refractivity contribution in [2.45, 2.75) is 43.7 Å². The van der Waals surface area contributed by atoms with E-state index in [4.69, 9.17) is 0 Å². The van der Waals surface area contributed by atoms with E-state index in [2.05, 4.69) is 5.32 Å². The van der Waals surface area contributed by atoms with Crippen LogP contribution in [-0.2, 0) is 10.0 Å². The van der Waals surface area contributed by atoms with Crippen molar-refractivity contribution in [3.63, 3.8) is 0 Å². The van der Waals surface area contributed by atoms with Crippen LogP contribution in [0.25, 0.3) is 0 Å². The molecule has 0 unspecified atom stereocenters. The van der Waals surface area contributed by atoms with Gasteiger partial charge in [0.15, 0.2) is 0 Å². The highest BCUT2D eigenvalue weighted by Crippen LogP contribution is 2.30. The van der Waals surface area contributed by atoms with Crippen molar-refractivity contribution in [3.05, 3.63) is 24.3 Å². The molecule has 6 heteroatoms. The summed E-state index contributed by atoms with van der Waals surface area (Å²) in [6.07, 6.45) is 0. The number of sulfonamides is 1. The van der Waals surface area contributed by atoms with Crippen molar-refractivity contribution >= 4 is 15.7 Å². The van der Waals surface area contributed by atoms with E-state index in [0.29, 0.717) is 5.69 Å².